The van der Waals surface area contributed by atoms with Crippen molar-refractivity contribution in [1.29, 1.82) is 0 Å². The Morgan fingerprint density at radius 3 is 2.44 bits per heavy atom. The van der Waals surface area contributed by atoms with E-state index in [0.717, 1.165) is 38.9 Å². The summed E-state index contributed by atoms with van der Waals surface area (Å²) in [7, 11) is 1.64. The maximum atomic E-state index is 14.8. The first-order valence-corrected chi connectivity index (χ1v) is 16.1. The number of carbonyl (C=O) groups is 2. The van der Waals surface area contributed by atoms with E-state index >= 15 is 0 Å². The van der Waals surface area contributed by atoms with Crippen LogP contribution < -0.4 is 15.6 Å². The number of alkyl halides is 2. The molecule has 2 saturated carbocycles. The fraction of sp³-hybridized carbons (Fsp3) is 0.920. The van der Waals surface area contributed by atoms with Crippen molar-refractivity contribution >= 4 is 33.6 Å². The molecule has 0 radical (unpaired) electrons. The van der Waals surface area contributed by atoms with Crippen LogP contribution in [0.3, 0.4) is 0 Å². The Hall–Kier alpha value is -1.25. The number of ether oxygens (including phenoxy) is 1. The molecule has 11 nitrogen and oxygen atoms in total. The number of sulfonamides is 1. The van der Waals surface area contributed by atoms with Crippen molar-refractivity contribution in [3.63, 3.8) is 0 Å². The standard InChI is InChI=1S/C25H44ClFN6O5S/c1-31-13-22(28-15-31)18-8-20(23(27)21(26)9-18)24(34)29-30-39(36,37)14-17-11-33(12-17)25(35)32(2)10-16-4-6-19(38-3)7-5-16/h16-23,28,30H,4-15H2,1-3H3,(H,29,34). The van der Waals surface area contributed by atoms with Gasteiger partial charge >= 0.3 is 6.03 Å². The Bertz CT molecular complexity index is 965. The van der Waals surface area contributed by atoms with E-state index in [0.29, 0.717) is 44.5 Å². The summed E-state index contributed by atoms with van der Waals surface area (Å²) in [6, 6.07) is 0.0166. The van der Waals surface area contributed by atoms with E-state index in [1.807, 2.05) is 7.05 Å². The first-order chi connectivity index (χ1) is 18.5. The maximum Gasteiger partial charge on any atom is 0.319 e. The number of methoxy groups -OCH3 is 1. The fourth-order valence-corrected chi connectivity index (χ4v) is 8.09. The van der Waals surface area contributed by atoms with Crippen molar-refractivity contribution in [3.05, 3.63) is 0 Å². The fourth-order valence-electron chi connectivity index (χ4n) is 6.52. The molecule has 4 rings (SSSR count). The number of amides is 3. The minimum Gasteiger partial charge on any atom is -0.381 e. The van der Waals surface area contributed by atoms with E-state index in [-0.39, 0.29) is 29.7 Å². The highest BCUT2D eigenvalue weighted by Crippen LogP contribution is 2.37. The van der Waals surface area contributed by atoms with Crippen molar-refractivity contribution in [2.75, 3.05) is 59.8 Å². The largest absolute Gasteiger partial charge is 0.381 e. The van der Waals surface area contributed by atoms with Crippen molar-refractivity contribution in [3.8, 4) is 0 Å². The SMILES string of the molecule is COC1CCC(CN(C)C(=O)N2CC(CS(=O)(=O)NNC(=O)C3CC(C4CN(C)CN4)CC(Cl)C3F)C2)CC1. The lowest BCUT2D eigenvalue weighted by atomic mass is 9.76. The molecule has 2 aliphatic heterocycles. The van der Waals surface area contributed by atoms with Gasteiger partial charge in [0.05, 0.1) is 23.2 Å². The lowest BCUT2D eigenvalue weighted by Crippen LogP contribution is -2.58. The molecule has 4 aliphatic rings. The maximum absolute atomic E-state index is 14.8. The summed E-state index contributed by atoms with van der Waals surface area (Å²) in [5, 5.41) is 2.57. The monoisotopic (exact) mass is 594 g/mol. The van der Waals surface area contributed by atoms with E-state index in [4.69, 9.17) is 16.3 Å². The quantitative estimate of drug-likeness (QED) is 0.268. The predicted octanol–water partition coefficient (Wildman–Crippen LogP) is 0.959. The van der Waals surface area contributed by atoms with Gasteiger partial charge in [-0.2, -0.15) is 0 Å². The van der Waals surface area contributed by atoms with Crippen LogP contribution in [0.2, 0.25) is 0 Å². The summed E-state index contributed by atoms with van der Waals surface area (Å²) in [5.74, 6) is -1.74. The summed E-state index contributed by atoms with van der Waals surface area (Å²) in [6.07, 6.45) is 3.58. The molecule has 4 fully saturated rings. The molecule has 2 heterocycles. The van der Waals surface area contributed by atoms with Gasteiger partial charge in [0.25, 0.3) is 0 Å². The van der Waals surface area contributed by atoms with Crippen LogP contribution in [0.4, 0.5) is 9.18 Å². The van der Waals surface area contributed by atoms with Crippen molar-refractivity contribution in [1.82, 2.24) is 30.3 Å². The number of carbonyl (C=O) groups excluding carboxylic acids is 2. The molecule has 39 heavy (non-hydrogen) atoms. The smallest absolute Gasteiger partial charge is 0.319 e. The zero-order valence-electron chi connectivity index (χ0n) is 23.2. The van der Waals surface area contributed by atoms with E-state index in [2.05, 4.69) is 20.5 Å². The number of hydrazine groups is 1. The predicted molar refractivity (Wildman–Crippen MR) is 146 cm³/mol. The Morgan fingerprint density at radius 2 is 1.82 bits per heavy atom. The van der Waals surface area contributed by atoms with Gasteiger partial charge in [0, 0.05) is 59.0 Å². The number of rotatable bonds is 9. The van der Waals surface area contributed by atoms with E-state index in [1.165, 1.54) is 0 Å². The molecule has 3 amide bonds. The van der Waals surface area contributed by atoms with Crippen LogP contribution >= 0.6 is 11.6 Å². The van der Waals surface area contributed by atoms with Crippen LogP contribution in [-0.2, 0) is 19.6 Å². The number of nitrogens with zero attached hydrogens (tertiary/aromatic N) is 3. The number of urea groups is 1. The Morgan fingerprint density at radius 1 is 1.13 bits per heavy atom. The van der Waals surface area contributed by atoms with Crippen LogP contribution in [0.25, 0.3) is 0 Å². The molecule has 2 aliphatic carbocycles. The third kappa shape index (κ3) is 7.94. The minimum atomic E-state index is -3.86. The number of hydrogen-bond acceptors (Lipinski definition) is 7. The van der Waals surface area contributed by atoms with Crippen molar-refractivity contribution in [2.45, 2.75) is 62.2 Å². The van der Waals surface area contributed by atoms with Gasteiger partial charge < -0.3 is 14.5 Å². The topological polar surface area (TPSA) is 123 Å². The van der Waals surface area contributed by atoms with Gasteiger partial charge in [-0.25, -0.2) is 17.6 Å². The second-order valence-electron chi connectivity index (χ2n) is 12.0. The van der Waals surface area contributed by atoms with E-state index in [9.17, 15) is 22.4 Å². The van der Waals surface area contributed by atoms with E-state index in [1.54, 1.807) is 24.0 Å². The second kappa shape index (κ2) is 13.2. The van der Waals surface area contributed by atoms with Crippen LogP contribution in [0.5, 0.6) is 0 Å². The Kier molecular flexibility index (Phi) is 10.4. The van der Waals surface area contributed by atoms with Gasteiger partial charge in [-0.05, 0) is 57.4 Å². The second-order valence-corrected chi connectivity index (χ2v) is 14.3. The first-order valence-electron chi connectivity index (χ1n) is 14.0. The zero-order valence-corrected chi connectivity index (χ0v) is 24.7. The van der Waals surface area contributed by atoms with Crippen LogP contribution in [0.15, 0.2) is 0 Å². The third-order valence-corrected chi connectivity index (χ3v) is 10.6. The molecule has 2 saturated heterocycles. The normalized spacial score (nSPS) is 34.5. The van der Waals surface area contributed by atoms with Crippen LogP contribution in [-0.4, -0.2) is 119 Å². The van der Waals surface area contributed by atoms with Gasteiger partial charge in [-0.1, -0.05) is 0 Å². The summed E-state index contributed by atoms with van der Waals surface area (Å²) in [5.41, 5.74) is 2.22. The molecule has 5 unspecified atom stereocenters. The number of nitrogens with one attached hydrogen (secondary N) is 3. The lowest BCUT2D eigenvalue weighted by Gasteiger charge is -2.42. The minimum absolute atomic E-state index is 0.0221. The molecule has 0 spiro atoms. The Labute approximate surface area is 236 Å². The van der Waals surface area contributed by atoms with Crippen LogP contribution in [0, 0.1) is 23.7 Å². The highest BCUT2D eigenvalue weighted by atomic mass is 35.5. The molecular formula is C25H44ClFN6O5S. The van der Waals surface area contributed by atoms with Gasteiger partial charge in [-0.3, -0.25) is 20.4 Å². The highest BCUT2D eigenvalue weighted by Gasteiger charge is 2.44. The summed E-state index contributed by atoms with van der Waals surface area (Å²) < 4.78 is 45.5. The van der Waals surface area contributed by atoms with Crippen molar-refractivity contribution < 1.29 is 27.1 Å². The molecule has 0 bridgehead atoms. The number of likely N-dealkylation sites (N-methyl/N-ethyl adjacent to an activating group) is 1. The van der Waals surface area contributed by atoms with Gasteiger partial charge in [0.15, 0.2) is 0 Å². The molecule has 224 valence electrons. The summed E-state index contributed by atoms with van der Waals surface area (Å²) in [6.45, 7) is 2.86. The van der Waals surface area contributed by atoms with Crippen molar-refractivity contribution in [2.24, 2.45) is 23.7 Å². The zero-order chi connectivity index (χ0) is 28.3. The molecule has 0 aromatic rings. The molecule has 3 N–H and O–H groups in total. The van der Waals surface area contributed by atoms with Gasteiger partial charge in [0.2, 0.25) is 15.9 Å². The highest BCUT2D eigenvalue weighted by molar-refractivity contribution is 7.89. The average molecular weight is 595 g/mol. The number of likely N-dealkylation sites (tertiary alicyclic amines) is 1. The number of hydrogen-bond donors (Lipinski definition) is 3. The Balaban J connectivity index is 1.18. The molecular weight excluding hydrogens is 551 g/mol. The van der Waals surface area contributed by atoms with Gasteiger partial charge in [-0.15, -0.1) is 16.4 Å². The van der Waals surface area contributed by atoms with Crippen LogP contribution in [0.1, 0.15) is 38.5 Å². The summed E-state index contributed by atoms with van der Waals surface area (Å²) in [4.78, 5) is 33.1. The number of halogens is 2. The average Bonchev–Trinajstić information content (AvgIpc) is 3.32. The van der Waals surface area contributed by atoms with E-state index < -0.39 is 33.4 Å². The first kappa shape index (κ1) is 30.7. The third-order valence-electron chi connectivity index (χ3n) is 8.85. The molecule has 14 heteroatoms. The molecule has 0 aromatic heterocycles. The lowest BCUT2D eigenvalue weighted by molar-refractivity contribution is -0.129. The summed E-state index contributed by atoms with van der Waals surface area (Å²) >= 11 is 6.25. The molecule has 5 atom stereocenters. The molecule has 0 aromatic carbocycles. The van der Waals surface area contributed by atoms with Gasteiger partial charge in [0.1, 0.15) is 6.17 Å².